The van der Waals surface area contributed by atoms with E-state index in [0.29, 0.717) is 21.7 Å². The summed E-state index contributed by atoms with van der Waals surface area (Å²) < 4.78 is 1.38. The first-order valence-corrected chi connectivity index (χ1v) is 9.24. The van der Waals surface area contributed by atoms with Gasteiger partial charge >= 0.3 is 0 Å². The van der Waals surface area contributed by atoms with Gasteiger partial charge in [0.25, 0.3) is 11.5 Å². The molecule has 6 nitrogen and oxygen atoms in total. The Hall–Kier alpha value is -3.64. The van der Waals surface area contributed by atoms with Gasteiger partial charge in [-0.15, -0.1) is 0 Å². The minimum atomic E-state index is -0.742. The third-order valence-electron chi connectivity index (χ3n) is 4.53. The van der Waals surface area contributed by atoms with Crippen LogP contribution < -0.4 is 10.9 Å². The van der Waals surface area contributed by atoms with E-state index in [0.717, 1.165) is 5.56 Å². The number of carbonyl (C=O) groups excluding carboxylic acids is 1. The SMILES string of the molecule is O=C(Nc1ccccc1Cl)c1c(O)c2cccnc2n(Cc2ccccc2)c1=O. The average molecular weight is 406 g/mol. The fourth-order valence-corrected chi connectivity index (χ4v) is 3.31. The van der Waals surface area contributed by atoms with E-state index in [4.69, 9.17) is 11.6 Å². The molecule has 2 N–H and O–H groups in total. The lowest BCUT2D eigenvalue weighted by molar-refractivity contribution is 0.102. The number of anilines is 1. The summed E-state index contributed by atoms with van der Waals surface area (Å²) in [7, 11) is 0. The maximum absolute atomic E-state index is 13.2. The van der Waals surface area contributed by atoms with Crippen molar-refractivity contribution in [2.45, 2.75) is 6.54 Å². The number of aromatic nitrogens is 2. The van der Waals surface area contributed by atoms with Crippen molar-refractivity contribution < 1.29 is 9.90 Å². The second kappa shape index (κ2) is 7.77. The number of amides is 1. The van der Waals surface area contributed by atoms with Crippen LogP contribution in [0.25, 0.3) is 11.0 Å². The zero-order valence-corrected chi connectivity index (χ0v) is 15.9. The summed E-state index contributed by atoms with van der Waals surface area (Å²) in [5.74, 6) is -1.15. The number of benzene rings is 2. The van der Waals surface area contributed by atoms with Crippen LogP contribution in [0.3, 0.4) is 0 Å². The van der Waals surface area contributed by atoms with Gasteiger partial charge in [0.05, 0.1) is 22.6 Å². The number of nitrogens with one attached hydrogen (secondary N) is 1. The van der Waals surface area contributed by atoms with Gasteiger partial charge in [-0.2, -0.15) is 0 Å². The number of para-hydroxylation sites is 1. The molecule has 0 aliphatic carbocycles. The molecule has 0 radical (unpaired) electrons. The van der Waals surface area contributed by atoms with E-state index >= 15 is 0 Å². The normalized spacial score (nSPS) is 10.8. The quantitative estimate of drug-likeness (QED) is 0.536. The van der Waals surface area contributed by atoms with Crippen molar-refractivity contribution in [1.82, 2.24) is 9.55 Å². The summed E-state index contributed by atoms with van der Waals surface area (Å²) >= 11 is 6.10. The number of hydrogen-bond acceptors (Lipinski definition) is 4. The first kappa shape index (κ1) is 18.7. The smallest absolute Gasteiger partial charge is 0.269 e. The monoisotopic (exact) mass is 405 g/mol. The van der Waals surface area contributed by atoms with Crippen LogP contribution in [0.2, 0.25) is 5.02 Å². The number of hydrogen-bond donors (Lipinski definition) is 2. The Morgan fingerprint density at radius 3 is 2.52 bits per heavy atom. The molecular formula is C22H16ClN3O3. The Kier molecular flexibility index (Phi) is 5.01. The lowest BCUT2D eigenvalue weighted by atomic mass is 10.1. The molecule has 4 aromatic rings. The summed E-state index contributed by atoms with van der Waals surface area (Å²) in [6, 6.07) is 19.3. The van der Waals surface area contributed by atoms with Gasteiger partial charge in [0, 0.05) is 6.20 Å². The van der Waals surface area contributed by atoms with E-state index in [2.05, 4.69) is 10.3 Å². The molecule has 0 bridgehead atoms. The largest absolute Gasteiger partial charge is 0.506 e. The molecular weight excluding hydrogens is 390 g/mol. The van der Waals surface area contributed by atoms with Crippen LogP contribution in [0, 0.1) is 0 Å². The minimum absolute atomic E-state index is 0.208. The fourth-order valence-electron chi connectivity index (χ4n) is 3.13. The Bertz CT molecular complexity index is 1270. The molecule has 0 saturated heterocycles. The van der Waals surface area contributed by atoms with Crippen molar-refractivity contribution in [2.24, 2.45) is 0 Å². The Balaban J connectivity index is 1.87. The van der Waals surface area contributed by atoms with Crippen molar-refractivity contribution in [1.29, 1.82) is 0 Å². The summed E-state index contributed by atoms with van der Waals surface area (Å²) in [4.78, 5) is 30.3. The molecule has 0 aliphatic rings. The summed E-state index contributed by atoms with van der Waals surface area (Å²) in [5, 5.41) is 13.9. The van der Waals surface area contributed by atoms with Crippen LogP contribution in [0.4, 0.5) is 5.69 Å². The fraction of sp³-hybridized carbons (Fsp3) is 0.0455. The highest BCUT2D eigenvalue weighted by atomic mass is 35.5. The van der Waals surface area contributed by atoms with E-state index in [1.807, 2.05) is 30.3 Å². The number of aromatic hydroxyl groups is 1. The van der Waals surface area contributed by atoms with E-state index in [1.165, 1.54) is 10.8 Å². The highest BCUT2D eigenvalue weighted by Gasteiger charge is 2.23. The molecule has 29 heavy (non-hydrogen) atoms. The Morgan fingerprint density at radius 1 is 1.03 bits per heavy atom. The Morgan fingerprint density at radius 2 is 1.76 bits per heavy atom. The number of rotatable bonds is 4. The van der Waals surface area contributed by atoms with Crippen molar-refractivity contribution in [3.05, 3.63) is 99.4 Å². The zero-order valence-electron chi connectivity index (χ0n) is 15.2. The predicted octanol–water partition coefficient (Wildman–Crippen LogP) is 4.06. The van der Waals surface area contributed by atoms with E-state index in [9.17, 15) is 14.7 Å². The van der Waals surface area contributed by atoms with Crippen LogP contribution in [0.5, 0.6) is 5.75 Å². The maximum Gasteiger partial charge on any atom is 0.269 e. The molecule has 2 aromatic heterocycles. The Labute approximate surface area is 171 Å². The molecule has 0 unspecified atom stereocenters. The topological polar surface area (TPSA) is 84.2 Å². The second-order valence-corrected chi connectivity index (χ2v) is 6.82. The van der Waals surface area contributed by atoms with Gasteiger partial charge in [-0.05, 0) is 29.8 Å². The van der Waals surface area contributed by atoms with Crippen molar-refractivity contribution in [2.75, 3.05) is 5.32 Å². The first-order valence-electron chi connectivity index (χ1n) is 8.86. The number of pyridine rings is 2. The third kappa shape index (κ3) is 3.58. The van der Waals surface area contributed by atoms with Crippen molar-refractivity contribution >= 4 is 34.2 Å². The molecule has 1 amide bonds. The molecule has 144 valence electrons. The average Bonchev–Trinajstić information content (AvgIpc) is 2.74. The molecule has 0 aliphatic heterocycles. The first-order chi connectivity index (χ1) is 14.1. The lowest BCUT2D eigenvalue weighted by Gasteiger charge is -2.14. The van der Waals surface area contributed by atoms with Gasteiger partial charge < -0.3 is 10.4 Å². The summed E-state index contributed by atoms with van der Waals surface area (Å²) in [6.07, 6.45) is 1.53. The van der Waals surface area contributed by atoms with Crippen LogP contribution in [0.15, 0.2) is 77.7 Å². The van der Waals surface area contributed by atoms with Gasteiger partial charge in [0.15, 0.2) is 0 Å². The molecule has 0 saturated carbocycles. The van der Waals surface area contributed by atoms with Crippen LogP contribution in [-0.2, 0) is 6.54 Å². The highest BCUT2D eigenvalue weighted by Crippen LogP contribution is 2.27. The zero-order chi connectivity index (χ0) is 20.4. The molecule has 0 fully saturated rings. The van der Waals surface area contributed by atoms with Crippen molar-refractivity contribution in [3.8, 4) is 5.75 Å². The highest BCUT2D eigenvalue weighted by molar-refractivity contribution is 6.34. The molecule has 0 atom stereocenters. The third-order valence-corrected chi connectivity index (χ3v) is 4.86. The molecule has 2 heterocycles. The number of nitrogens with zero attached hydrogens (tertiary/aromatic N) is 2. The lowest BCUT2D eigenvalue weighted by Crippen LogP contribution is -2.30. The number of carbonyl (C=O) groups is 1. The van der Waals surface area contributed by atoms with Crippen LogP contribution in [0.1, 0.15) is 15.9 Å². The standard InChI is InChI=1S/C22H16ClN3O3/c23-16-10-4-5-11-17(16)25-21(28)18-19(27)15-9-6-12-24-20(15)26(22(18)29)13-14-7-2-1-3-8-14/h1-12,27H,13H2,(H,25,28). The molecule has 2 aromatic carbocycles. The summed E-state index contributed by atoms with van der Waals surface area (Å²) in [5.41, 5.74) is 0.514. The number of halogens is 1. The molecule has 0 spiro atoms. The van der Waals surface area contributed by atoms with Gasteiger partial charge in [0.2, 0.25) is 0 Å². The van der Waals surface area contributed by atoms with E-state index in [1.54, 1.807) is 36.4 Å². The number of fused-ring (bicyclic) bond motifs is 1. The predicted molar refractivity (Wildman–Crippen MR) is 113 cm³/mol. The van der Waals surface area contributed by atoms with Crippen molar-refractivity contribution in [3.63, 3.8) is 0 Å². The molecule has 7 heteroatoms. The summed E-state index contributed by atoms with van der Waals surface area (Å²) in [6.45, 7) is 0.208. The van der Waals surface area contributed by atoms with E-state index < -0.39 is 17.2 Å². The van der Waals surface area contributed by atoms with Crippen LogP contribution in [-0.4, -0.2) is 20.6 Å². The van der Waals surface area contributed by atoms with E-state index in [-0.39, 0.29) is 12.1 Å². The molecule has 4 rings (SSSR count). The van der Waals surface area contributed by atoms with Crippen LogP contribution >= 0.6 is 11.6 Å². The van der Waals surface area contributed by atoms with Gasteiger partial charge in [-0.1, -0.05) is 54.1 Å². The van der Waals surface area contributed by atoms with Gasteiger partial charge in [-0.3, -0.25) is 14.2 Å². The minimum Gasteiger partial charge on any atom is -0.506 e. The second-order valence-electron chi connectivity index (χ2n) is 6.41. The van der Waals surface area contributed by atoms with Gasteiger partial charge in [0.1, 0.15) is 17.0 Å². The maximum atomic E-state index is 13.2. The van der Waals surface area contributed by atoms with Gasteiger partial charge in [-0.25, -0.2) is 4.98 Å².